The van der Waals surface area contributed by atoms with Crippen molar-refractivity contribution in [2.75, 3.05) is 6.54 Å². The average molecular weight is 224 g/mol. The maximum atomic E-state index is 11.5. The molecule has 0 radical (unpaired) electrons. The zero-order chi connectivity index (χ0) is 11.3. The molecule has 1 amide bonds. The number of hydrogen-bond acceptors (Lipinski definition) is 1. The molecule has 0 unspecified atom stereocenters. The van der Waals surface area contributed by atoms with Gasteiger partial charge in [-0.2, -0.15) is 0 Å². The molecule has 2 nitrogen and oxygen atoms in total. The van der Waals surface area contributed by atoms with Gasteiger partial charge in [0, 0.05) is 5.03 Å². The molecule has 1 rings (SSSR count). The number of rotatable bonds is 4. The summed E-state index contributed by atoms with van der Waals surface area (Å²) in [5.74, 6) is -0.0360. The van der Waals surface area contributed by atoms with Crippen molar-refractivity contribution in [3.05, 3.63) is 47.0 Å². The van der Waals surface area contributed by atoms with Gasteiger partial charge in [-0.05, 0) is 18.1 Å². The topological polar surface area (TPSA) is 29.1 Å². The Morgan fingerprint density at radius 1 is 1.47 bits per heavy atom. The number of halogens is 1. The van der Waals surface area contributed by atoms with Crippen molar-refractivity contribution >= 4 is 17.5 Å². The van der Waals surface area contributed by atoms with Crippen molar-refractivity contribution in [1.82, 2.24) is 5.32 Å². The molecule has 1 aromatic rings. The summed E-state index contributed by atoms with van der Waals surface area (Å²) in [6.45, 7) is 5.82. The predicted octanol–water partition coefficient (Wildman–Crippen LogP) is 2.41. The quantitative estimate of drug-likeness (QED) is 0.835. The third-order valence-electron chi connectivity index (χ3n) is 2.09. The van der Waals surface area contributed by atoms with Gasteiger partial charge < -0.3 is 5.32 Å². The number of carbonyl (C=O) groups is 1. The largest absolute Gasteiger partial charge is 0.351 e. The molecule has 0 aromatic heterocycles. The van der Waals surface area contributed by atoms with E-state index in [0.29, 0.717) is 18.0 Å². The van der Waals surface area contributed by atoms with E-state index >= 15 is 0 Å². The highest BCUT2D eigenvalue weighted by atomic mass is 35.5. The summed E-state index contributed by atoms with van der Waals surface area (Å²) in [5, 5.41) is 3.13. The highest BCUT2D eigenvalue weighted by molar-refractivity contribution is 6.29. The first-order chi connectivity index (χ1) is 7.09. The third-order valence-corrected chi connectivity index (χ3v) is 2.22. The Morgan fingerprint density at radius 2 is 2.13 bits per heavy atom. The molecule has 0 aliphatic rings. The van der Waals surface area contributed by atoms with Crippen LogP contribution >= 0.6 is 11.6 Å². The highest BCUT2D eigenvalue weighted by Crippen LogP contribution is 2.07. The number of amides is 1. The number of nitrogens with one attached hydrogen (secondary N) is 1. The minimum absolute atomic E-state index is 0.0360. The molecule has 80 valence electrons. The van der Waals surface area contributed by atoms with Gasteiger partial charge in [-0.3, -0.25) is 4.79 Å². The van der Waals surface area contributed by atoms with E-state index in [9.17, 15) is 4.79 Å². The van der Waals surface area contributed by atoms with E-state index in [-0.39, 0.29) is 5.91 Å². The number of aryl methyl sites for hydroxylation is 1. The maximum absolute atomic E-state index is 11.5. The van der Waals surface area contributed by atoms with Gasteiger partial charge in [-0.1, -0.05) is 42.4 Å². The Kier molecular flexibility index (Phi) is 4.37. The smallest absolute Gasteiger partial charge is 0.224 e. The van der Waals surface area contributed by atoms with Gasteiger partial charge in [-0.25, -0.2) is 0 Å². The lowest BCUT2D eigenvalue weighted by molar-refractivity contribution is -0.120. The minimum Gasteiger partial charge on any atom is -0.351 e. The fourth-order valence-electron chi connectivity index (χ4n) is 1.24. The molecule has 0 heterocycles. The molecular formula is C12H14ClNO. The average Bonchev–Trinajstić information content (AvgIpc) is 2.18. The van der Waals surface area contributed by atoms with E-state index in [1.165, 1.54) is 0 Å². The van der Waals surface area contributed by atoms with Crippen LogP contribution in [-0.2, 0) is 11.2 Å². The van der Waals surface area contributed by atoms with Crippen LogP contribution in [-0.4, -0.2) is 12.5 Å². The normalized spacial score (nSPS) is 9.73. The van der Waals surface area contributed by atoms with E-state index in [0.717, 1.165) is 11.1 Å². The van der Waals surface area contributed by atoms with Crippen LogP contribution in [0.25, 0.3) is 0 Å². The fraction of sp³-hybridized carbons (Fsp3) is 0.250. The predicted molar refractivity (Wildman–Crippen MR) is 62.9 cm³/mol. The van der Waals surface area contributed by atoms with Crippen LogP contribution in [0.2, 0.25) is 0 Å². The van der Waals surface area contributed by atoms with Crippen LogP contribution in [0.1, 0.15) is 11.1 Å². The monoisotopic (exact) mass is 223 g/mol. The first-order valence-electron chi connectivity index (χ1n) is 4.74. The molecule has 0 atom stereocenters. The summed E-state index contributed by atoms with van der Waals surface area (Å²) in [5.41, 5.74) is 2.16. The zero-order valence-electron chi connectivity index (χ0n) is 8.72. The van der Waals surface area contributed by atoms with Gasteiger partial charge in [0.1, 0.15) is 0 Å². The highest BCUT2D eigenvalue weighted by Gasteiger charge is 2.04. The second kappa shape index (κ2) is 5.56. The maximum Gasteiger partial charge on any atom is 0.224 e. The summed E-state index contributed by atoms with van der Waals surface area (Å²) in [6.07, 6.45) is 0.386. The number of carbonyl (C=O) groups excluding carboxylic acids is 1. The molecule has 15 heavy (non-hydrogen) atoms. The molecular weight excluding hydrogens is 210 g/mol. The molecule has 0 bridgehead atoms. The van der Waals surface area contributed by atoms with Gasteiger partial charge >= 0.3 is 0 Å². The Labute approximate surface area is 94.9 Å². The zero-order valence-corrected chi connectivity index (χ0v) is 9.47. The lowest BCUT2D eigenvalue weighted by atomic mass is 10.1. The van der Waals surface area contributed by atoms with E-state index in [4.69, 9.17) is 11.6 Å². The van der Waals surface area contributed by atoms with Crippen molar-refractivity contribution < 1.29 is 4.79 Å². The van der Waals surface area contributed by atoms with Crippen LogP contribution in [0.4, 0.5) is 0 Å². The summed E-state index contributed by atoms with van der Waals surface area (Å²) < 4.78 is 0. The van der Waals surface area contributed by atoms with E-state index < -0.39 is 0 Å². The van der Waals surface area contributed by atoms with Crippen molar-refractivity contribution in [3.63, 3.8) is 0 Å². The van der Waals surface area contributed by atoms with Gasteiger partial charge in [0.05, 0.1) is 13.0 Å². The number of benzene rings is 1. The van der Waals surface area contributed by atoms with Crippen molar-refractivity contribution in [1.29, 1.82) is 0 Å². The Morgan fingerprint density at radius 3 is 2.73 bits per heavy atom. The molecule has 0 saturated carbocycles. The molecule has 0 spiro atoms. The molecule has 1 aromatic carbocycles. The van der Waals surface area contributed by atoms with Crippen molar-refractivity contribution in [2.24, 2.45) is 0 Å². The van der Waals surface area contributed by atoms with Gasteiger partial charge in [0.25, 0.3) is 0 Å². The summed E-state index contributed by atoms with van der Waals surface area (Å²) in [4.78, 5) is 11.5. The molecule has 0 fully saturated rings. The molecule has 3 heteroatoms. The minimum atomic E-state index is -0.0360. The van der Waals surface area contributed by atoms with Crippen molar-refractivity contribution in [2.45, 2.75) is 13.3 Å². The van der Waals surface area contributed by atoms with Gasteiger partial charge in [0.15, 0.2) is 0 Å². The molecule has 0 saturated heterocycles. The van der Waals surface area contributed by atoms with Crippen LogP contribution in [0.5, 0.6) is 0 Å². The Bertz CT molecular complexity index is 374. The third kappa shape index (κ3) is 4.17. The van der Waals surface area contributed by atoms with Crippen LogP contribution < -0.4 is 5.32 Å². The van der Waals surface area contributed by atoms with E-state index in [1.54, 1.807) is 0 Å². The second-order valence-electron chi connectivity index (χ2n) is 3.40. The standard InChI is InChI=1S/C12H14ClNO/c1-9-5-3-4-6-11(9)7-12(15)14-8-10(2)13/h3-6H,2,7-8H2,1H3,(H,14,15). The van der Waals surface area contributed by atoms with Crippen LogP contribution in [0.15, 0.2) is 35.9 Å². The SMILES string of the molecule is C=C(Cl)CNC(=O)Cc1ccccc1C. The van der Waals surface area contributed by atoms with E-state index in [1.807, 2.05) is 31.2 Å². The lowest BCUT2D eigenvalue weighted by Gasteiger charge is -2.06. The molecule has 1 N–H and O–H groups in total. The van der Waals surface area contributed by atoms with Gasteiger partial charge in [0.2, 0.25) is 5.91 Å². The van der Waals surface area contributed by atoms with Crippen molar-refractivity contribution in [3.8, 4) is 0 Å². The summed E-state index contributed by atoms with van der Waals surface area (Å²) in [7, 11) is 0. The molecule has 0 aliphatic carbocycles. The second-order valence-corrected chi connectivity index (χ2v) is 3.93. The van der Waals surface area contributed by atoms with Crippen LogP contribution in [0, 0.1) is 6.92 Å². The summed E-state index contributed by atoms with van der Waals surface area (Å²) >= 11 is 5.55. The summed E-state index contributed by atoms with van der Waals surface area (Å²) in [6, 6.07) is 7.82. The Hall–Kier alpha value is -1.28. The van der Waals surface area contributed by atoms with Gasteiger partial charge in [-0.15, -0.1) is 0 Å². The Balaban J connectivity index is 2.52. The number of hydrogen-bond donors (Lipinski definition) is 1. The van der Waals surface area contributed by atoms with Crippen LogP contribution in [0.3, 0.4) is 0 Å². The first kappa shape index (κ1) is 11.8. The first-order valence-corrected chi connectivity index (χ1v) is 5.12. The fourth-order valence-corrected chi connectivity index (χ4v) is 1.31. The molecule has 0 aliphatic heterocycles. The lowest BCUT2D eigenvalue weighted by Crippen LogP contribution is -2.26. The van der Waals surface area contributed by atoms with E-state index in [2.05, 4.69) is 11.9 Å².